The third-order valence-electron chi connectivity index (χ3n) is 7.07. The molecular formula is C30H42N2O2. The second kappa shape index (κ2) is 12.2. The molecule has 0 fully saturated rings. The molecule has 0 bridgehead atoms. The number of rotatable bonds is 11. The van der Waals surface area contributed by atoms with Crippen LogP contribution in [0.15, 0.2) is 60.2 Å². The van der Waals surface area contributed by atoms with Crippen LogP contribution in [-0.4, -0.2) is 41.4 Å². The van der Waals surface area contributed by atoms with Crippen LogP contribution in [0.4, 0.5) is 0 Å². The Hall–Kier alpha value is -2.56. The van der Waals surface area contributed by atoms with E-state index in [-0.39, 0.29) is 11.8 Å². The molecule has 2 aromatic carbocycles. The molecule has 1 aliphatic carbocycles. The van der Waals surface area contributed by atoms with Gasteiger partial charge >= 0.3 is 0 Å². The van der Waals surface area contributed by atoms with E-state index in [0.29, 0.717) is 5.92 Å². The smallest absolute Gasteiger partial charge is 0.122 e. The van der Waals surface area contributed by atoms with Crippen molar-refractivity contribution in [1.29, 1.82) is 0 Å². The van der Waals surface area contributed by atoms with Crippen LogP contribution in [-0.2, 0) is 12.8 Å². The van der Waals surface area contributed by atoms with Gasteiger partial charge in [-0.1, -0.05) is 48.1 Å². The predicted octanol–water partition coefficient (Wildman–Crippen LogP) is 5.64. The Morgan fingerprint density at radius 3 is 1.94 bits per heavy atom. The van der Waals surface area contributed by atoms with Crippen LogP contribution >= 0.6 is 0 Å². The standard InChI is InChI=1S/C30H42N2O2/c1-20(2)30-26(24-18-22(12-14-31-4)8-10-28(24)33-6)16-21(3)17-27(30)25-19-23(13-15-32-5)9-11-29(25)34-7/h8-11,16,18-19,26-27,30-32H,1,12-15,17H2,2-7H3. The summed E-state index contributed by atoms with van der Waals surface area (Å²) < 4.78 is 11.7. The summed E-state index contributed by atoms with van der Waals surface area (Å²) in [6, 6.07) is 13.3. The summed E-state index contributed by atoms with van der Waals surface area (Å²) in [4.78, 5) is 0. The van der Waals surface area contributed by atoms with E-state index in [1.54, 1.807) is 14.2 Å². The molecule has 2 aromatic rings. The van der Waals surface area contributed by atoms with Crippen molar-refractivity contribution in [3.05, 3.63) is 82.5 Å². The van der Waals surface area contributed by atoms with Gasteiger partial charge in [0.1, 0.15) is 11.5 Å². The van der Waals surface area contributed by atoms with Gasteiger partial charge in [0.05, 0.1) is 14.2 Å². The molecular weight excluding hydrogens is 420 g/mol. The summed E-state index contributed by atoms with van der Waals surface area (Å²) in [6.45, 7) is 10.8. The third-order valence-corrected chi connectivity index (χ3v) is 7.07. The van der Waals surface area contributed by atoms with Gasteiger partial charge in [-0.2, -0.15) is 0 Å². The SMILES string of the molecule is C=C(C)C1C(c2cc(CCNC)ccc2OC)C=C(C)CC1c1cc(CCNC)ccc1OC. The molecule has 3 unspecified atom stereocenters. The zero-order chi connectivity index (χ0) is 24.7. The summed E-state index contributed by atoms with van der Waals surface area (Å²) >= 11 is 0. The molecule has 2 N–H and O–H groups in total. The topological polar surface area (TPSA) is 42.5 Å². The van der Waals surface area contributed by atoms with Gasteiger partial charge in [-0.15, -0.1) is 0 Å². The van der Waals surface area contributed by atoms with E-state index < -0.39 is 0 Å². The quantitative estimate of drug-likeness (QED) is 0.424. The molecule has 4 nitrogen and oxygen atoms in total. The van der Waals surface area contributed by atoms with E-state index in [2.05, 4.69) is 73.5 Å². The molecule has 34 heavy (non-hydrogen) atoms. The van der Waals surface area contributed by atoms with Crippen LogP contribution in [0.3, 0.4) is 0 Å². The number of nitrogens with one attached hydrogen (secondary N) is 2. The lowest BCUT2D eigenvalue weighted by atomic mass is 9.65. The normalized spacial score (nSPS) is 20.1. The maximum atomic E-state index is 5.87. The van der Waals surface area contributed by atoms with Crippen LogP contribution in [0.25, 0.3) is 0 Å². The van der Waals surface area contributed by atoms with Crippen molar-refractivity contribution >= 4 is 0 Å². The van der Waals surface area contributed by atoms with Crippen molar-refractivity contribution in [1.82, 2.24) is 10.6 Å². The number of hydrogen-bond acceptors (Lipinski definition) is 4. The molecule has 0 saturated heterocycles. The Labute approximate surface area is 206 Å². The van der Waals surface area contributed by atoms with Crippen LogP contribution in [0, 0.1) is 5.92 Å². The number of likely N-dealkylation sites (N-methyl/N-ethyl adjacent to an activating group) is 2. The fraction of sp³-hybridized carbons (Fsp3) is 0.467. The Morgan fingerprint density at radius 1 is 0.912 bits per heavy atom. The highest BCUT2D eigenvalue weighted by Gasteiger charge is 2.37. The van der Waals surface area contributed by atoms with Crippen LogP contribution in [0.5, 0.6) is 11.5 Å². The maximum absolute atomic E-state index is 5.87. The molecule has 4 heteroatoms. The molecule has 0 amide bonds. The Kier molecular flexibility index (Phi) is 9.37. The maximum Gasteiger partial charge on any atom is 0.122 e. The second-order valence-electron chi connectivity index (χ2n) is 9.58. The molecule has 0 saturated carbocycles. The Balaban J connectivity index is 2.11. The van der Waals surface area contributed by atoms with E-state index in [9.17, 15) is 0 Å². The van der Waals surface area contributed by atoms with Crippen molar-refractivity contribution in [2.45, 2.75) is 44.9 Å². The van der Waals surface area contributed by atoms with Crippen LogP contribution in [0.1, 0.15) is 54.4 Å². The van der Waals surface area contributed by atoms with E-state index >= 15 is 0 Å². The third kappa shape index (κ3) is 5.92. The molecule has 0 aliphatic heterocycles. The van der Waals surface area contributed by atoms with Gasteiger partial charge in [-0.3, -0.25) is 0 Å². The van der Waals surface area contributed by atoms with Crippen molar-refractivity contribution in [3.8, 4) is 11.5 Å². The number of methoxy groups -OCH3 is 2. The summed E-state index contributed by atoms with van der Waals surface area (Å²) in [6.07, 6.45) is 5.43. The lowest BCUT2D eigenvalue weighted by molar-refractivity contribution is 0.365. The summed E-state index contributed by atoms with van der Waals surface area (Å²) in [7, 11) is 7.54. The minimum atomic E-state index is 0.200. The lowest BCUT2D eigenvalue weighted by Crippen LogP contribution is -2.26. The first-order valence-electron chi connectivity index (χ1n) is 12.4. The van der Waals surface area contributed by atoms with Gasteiger partial charge in [0.15, 0.2) is 0 Å². The molecule has 184 valence electrons. The van der Waals surface area contributed by atoms with Gasteiger partial charge in [0, 0.05) is 11.5 Å². The fourth-order valence-electron chi connectivity index (χ4n) is 5.41. The number of benzene rings is 2. The van der Waals surface area contributed by atoms with E-state index in [1.165, 1.54) is 33.4 Å². The van der Waals surface area contributed by atoms with Gasteiger partial charge in [0.25, 0.3) is 0 Å². The molecule has 0 spiro atoms. The first kappa shape index (κ1) is 26.1. The second-order valence-corrected chi connectivity index (χ2v) is 9.58. The number of hydrogen-bond donors (Lipinski definition) is 2. The fourth-order valence-corrected chi connectivity index (χ4v) is 5.41. The minimum Gasteiger partial charge on any atom is -0.496 e. The van der Waals surface area contributed by atoms with Gasteiger partial charge in [-0.05, 0) is 101 Å². The summed E-state index contributed by atoms with van der Waals surface area (Å²) in [5, 5.41) is 6.53. The average molecular weight is 463 g/mol. The number of ether oxygens (including phenoxy) is 2. The molecule has 1 aliphatic rings. The number of allylic oxidation sites excluding steroid dienone is 3. The molecule has 3 atom stereocenters. The van der Waals surface area contributed by atoms with Gasteiger partial charge in [-0.25, -0.2) is 0 Å². The molecule has 3 rings (SSSR count). The summed E-state index contributed by atoms with van der Waals surface area (Å²) in [5.41, 5.74) is 7.79. The van der Waals surface area contributed by atoms with Gasteiger partial charge in [0.2, 0.25) is 0 Å². The Bertz CT molecular complexity index is 1010. The highest BCUT2D eigenvalue weighted by molar-refractivity contribution is 5.48. The lowest BCUT2D eigenvalue weighted by Gasteiger charge is -2.39. The van der Waals surface area contributed by atoms with Crippen molar-refractivity contribution in [2.75, 3.05) is 41.4 Å². The van der Waals surface area contributed by atoms with Crippen LogP contribution < -0.4 is 20.1 Å². The largest absolute Gasteiger partial charge is 0.496 e. The van der Waals surface area contributed by atoms with Crippen molar-refractivity contribution < 1.29 is 9.47 Å². The van der Waals surface area contributed by atoms with Crippen LogP contribution in [0.2, 0.25) is 0 Å². The van der Waals surface area contributed by atoms with Crippen molar-refractivity contribution in [3.63, 3.8) is 0 Å². The minimum absolute atomic E-state index is 0.200. The zero-order valence-electron chi connectivity index (χ0n) is 21.8. The Morgan fingerprint density at radius 2 is 1.44 bits per heavy atom. The van der Waals surface area contributed by atoms with E-state index in [1.807, 2.05) is 14.1 Å². The van der Waals surface area contributed by atoms with Crippen molar-refractivity contribution in [2.24, 2.45) is 5.92 Å². The molecule has 0 aromatic heterocycles. The van der Waals surface area contributed by atoms with E-state index in [4.69, 9.17) is 9.47 Å². The monoisotopic (exact) mass is 462 g/mol. The summed E-state index contributed by atoms with van der Waals surface area (Å²) in [5.74, 6) is 2.66. The zero-order valence-corrected chi connectivity index (χ0v) is 21.8. The first-order valence-corrected chi connectivity index (χ1v) is 12.4. The highest BCUT2D eigenvalue weighted by Crippen LogP contribution is 2.51. The molecule has 0 radical (unpaired) electrons. The highest BCUT2D eigenvalue weighted by atomic mass is 16.5. The van der Waals surface area contributed by atoms with Gasteiger partial charge < -0.3 is 20.1 Å². The first-order chi connectivity index (χ1) is 16.4. The predicted molar refractivity (Wildman–Crippen MR) is 143 cm³/mol. The molecule has 0 heterocycles. The van der Waals surface area contributed by atoms with E-state index in [0.717, 1.165) is 43.9 Å². The average Bonchev–Trinajstić information content (AvgIpc) is 2.85.